The first kappa shape index (κ1) is 22.8. The van der Waals surface area contributed by atoms with E-state index in [1.54, 1.807) is 17.4 Å². The van der Waals surface area contributed by atoms with Crippen LogP contribution in [0.5, 0.6) is 5.75 Å². The molecule has 1 saturated carbocycles. The highest BCUT2D eigenvalue weighted by molar-refractivity contribution is 7.12. The summed E-state index contributed by atoms with van der Waals surface area (Å²) in [6.07, 6.45) is 4.06. The van der Waals surface area contributed by atoms with Crippen LogP contribution in [0.25, 0.3) is 0 Å². The molecular formula is C26H30O5S. The van der Waals surface area contributed by atoms with Crippen LogP contribution in [0.15, 0.2) is 51.7 Å². The Kier molecular flexibility index (Phi) is 7.13. The van der Waals surface area contributed by atoms with Gasteiger partial charge in [0.15, 0.2) is 0 Å². The Balaban J connectivity index is 1.64. The van der Waals surface area contributed by atoms with Crippen LogP contribution < -0.4 is 5.63 Å². The molecule has 0 aliphatic heterocycles. The van der Waals surface area contributed by atoms with E-state index in [2.05, 4.69) is 0 Å². The molecule has 32 heavy (non-hydrogen) atoms. The van der Waals surface area contributed by atoms with Crippen molar-refractivity contribution in [3.05, 3.63) is 85.1 Å². The van der Waals surface area contributed by atoms with Crippen molar-refractivity contribution in [1.82, 2.24) is 0 Å². The summed E-state index contributed by atoms with van der Waals surface area (Å²) in [6.45, 7) is 2.11. The van der Waals surface area contributed by atoms with Crippen molar-refractivity contribution < 1.29 is 19.7 Å². The van der Waals surface area contributed by atoms with Crippen molar-refractivity contribution in [3.8, 4) is 5.75 Å². The summed E-state index contributed by atoms with van der Waals surface area (Å²) < 4.78 is 5.81. The average Bonchev–Trinajstić information content (AvgIpc) is 3.52. The Morgan fingerprint density at radius 2 is 1.91 bits per heavy atom. The third-order valence-corrected chi connectivity index (χ3v) is 7.52. The minimum atomic E-state index is -0.462. The normalized spacial score (nSPS) is 15.6. The Morgan fingerprint density at radius 3 is 2.56 bits per heavy atom. The fourth-order valence-electron chi connectivity index (χ4n) is 4.43. The molecule has 0 radical (unpaired) electrons. The molecular weight excluding hydrogens is 424 g/mol. The second-order valence-electron chi connectivity index (χ2n) is 8.62. The highest BCUT2D eigenvalue weighted by Gasteiger charge is 2.38. The Morgan fingerprint density at radius 1 is 1.12 bits per heavy atom. The van der Waals surface area contributed by atoms with Gasteiger partial charge in [-0.05, 0) is 54.9 Å². The molecule has 0 saturated heterocycles. The van der Waals surface area contributed by atoms with Crippen molar-refractivity contribution >= 4 is 11.3 Å². The van der Waals surface area contributed by atoms with E-state index in [1.165, 1.54) is 0 Å². The number of hydrogen-bond donors (Lipinski definition) is 3. The van der Waals surface area contributed by atoms with Gasteiger partial charge < -0.3 is 19.7 Å². The van der Waals surface area contributed by atoms with E-state index < -0.39 is 5.63 Å². The van der Waals surface area contributed by atoms with Crippen LogP contribution >= 0.6 is 11.3 Å². The number of thiophene rings is 1. The zero-order chi connectivity index (χ0) is 22.7. The number of aromatic hydroxyl groups is 1. The maximum Gasteiger partial charge on any atom is 0.343 e. The lowest BCUT2D eigenvalue weighted by Crippen LogP contribution is -2.17. The van der Waals surface area contributed by atoms with Gasteiger partial charge in [-0.25, -0.2) is 4.79 Å². The predicted octanol–water partition coefficient (Wildman–Crippen LogP) is 4.71. The molecule has 1 fully saturated rings. The first-order valence-electron chi connectivity index (χ1n) is 11.3. The molecule has 0 spiro atoms. The third-order valence-electron chi connectivity index (χ3n) is 6.29. The van der Waals surface area contributed by atoms with Crippen molar-refractivity contribution in [3.63, 3.8) is 0 Å². The minimum Gasteiger partial charge on any atom is -0.507 e. The summed E-state index contributed by atoms with van der Waals surface area (Å²) in [6, 6.07) is 13.4. The molecule has 1 aromatic carbocycles. The summed E-state index contributed by atoms with van der Waals surface area (Å²) in [5, 5.41) is 29.6. The van der Waals surface area contributed by atoms with Crippen LogP contribution in [0, 0.1) is 5.92 Å². The molecule has 0 bridgehead atoms. The largest absolute Gasteiger partial charge is 0.507 e. The smallest absolute Gasteiger partial charge is 0.343 e. The molecule has 2 atom stereocenters. The molecule has 170 valence electrons. The maximum absolute atomic E-state index is 13.1. The van der Waals surface area contributed by atoms with Gasteiger partial charge in [0.1, 0.15) is 11.5 Å². The van der Waals surface area contributed by atoms with E-state index in [-0.39, 0.29) is 30.8 Å². The number of aliphatic hydroxyl groups excluding tert-OH is 2. The zero-order valence-corrected chi connectivity index (χ0v) is 19.1. The van der Waals surface area contributed by atoms with Gasteiger partial charge in [0.25, 0.3) is 0 Å². The SMILES string of the molecule is CC[C@H](Cc1cccc(CO)c1)c1cc(O)c([C@@H](c2ccc(CCO)s2)C2CC2)c(=O)o1. The van der Waals surface area contributed by atoms with Gasteiger partial charge in [0, 0.05) is 40.7 Å². The minimum absolute atomic E-state index is 0.00724. The Hall–Kier alpha value is -2.41. The third kappa shape index (κ3) is 4.98. The van der Waals surface area contributed by atoms with E-state index in [4.69, 9.17) is 4.42 Å². The van der Waals surface area contributed by atoms with Crippen LogP contribution in [0.2, 0.25) is 0 Å². The maximum atomic E-state index is 13.1. The van der Waals surface area contributed by atoms with Crippen LogP contribution in [-0.4, -0.2) is 21.9 Å². The quantitative estimate of drug-likeness (QED) is 0.413. The van der Waals surface area contributed by atoms with Crippen molar-refractivity contribution in [2.45, 2.75) is 57.5 Å². The van der Waals surface area contributed by atoms with E-state index >= 15 is 0 Å². The molecule has 1 aliphatic carbocycles. The average molecular weight is 455 g/mol. The number of aliphatic hydroxyl groups is 2. The van der Waals surface area contributed by atoms with E-state index in [0.717, 1.165) is 40.1 Å². The van der Waals surface area contributed by atoms with Crippen molar-refractivity contribution in [1.29, 1.82) is 0 Å². The number of benzene rings is 1. The summed E-state index contributed by atoms with van der Waals surface area (Å²) >= 11 is 1.59. The van der Waals surface area contributed by atoms with Crippen molar-refractivity contribution in [2.75, 3.05) is 6.61 Å². The summed E-state index contributed by atoms with van der Waals surface area (Å²) in [4.78, 5) is 15.2. The molecule has 0 amide bonds. The molecule has 2 heterocycles. The lowest BCUT2D eigenvalue weighted by atomic mass is 9.90. The Bertz CT molecular complexity index is 1110. The second-order valence-corrected chi connectivity index (χ2v) is 9.82. The second kappa shape index (κ2) is 10.0. The first-order valence-corrected chi connectivity index (χ1v) is 12.1. The Labute approximate surface area is 192 Å². The first-order chi connectivity index (χ1) is 15.5. The molecule has 6 heteroatoms. The predicted molar refractivity (Wildman–Crippen MR) is 125 cm³/mol. The van der Waals surface area contributed by atoms with Gasteiger partial charge in [-0.2, -0.15) is 0 Å². The van der Waals surface area contributed by atoms with Crippen molar-refractivity contribution in [2.24, 2.45) is 5.92 Å². The highest BCUT2D eigenvalue weighted by Crippen LogP contribution is 2.49. The van der Waals surface area contributed by atoms with Gasteiger partial charge >= 0.3 is 5.63 Å². The topological polar surface area (TPSA) is 90.9 Å². The van der Waals surface area contributed by atoms with Gasteiger partial charge in [0.2, 0.25) is 0 Å². The number of hydrogen-bond acceptors (Lipinski definition) is 6. The van der Waals surface area contributed by atoms with E-state index in [0.29, 0.717) is 30.1 Å². The monoisotopic (exact) mass is 454 g/mol. The fourth-order valence-corrected chi connectivity index (χ4v) is 5.63. The van der Waals surface area contributed by atoms with Gasteiger partial charge in [-0.1, -0.05) is 31.2 Å². The molecule has 3 aromatic rings. The highest BCUT2D eigenvalue weighted by atomic mass is 32.1. The summed E-state index contributed by atoms with van der Waals surface area (Å²) in [5.41, 5.74) is 1.80. The fraction of sp³-hybridized carbons (Fsp3) is 0.423. The molecule has 3 N–H and O–H groups in total. The molecule has 0 unspecified atom stereocenters. The molecule has 4 rings (SSSR count). The summed E-state index contributed by atoms with van der Waals surface area (Å²) in [5.74, 6) is 0.619. The standard InChI is InChI=1S/C26H30O5S/c1-2-18(13-16-4-3-5-17(12-16)15-28)22-14-21(29)25(26(30)31-22)24(19-6-7-19)23-9-8-20(32-23)10-11-27/h3-5,8-9,12,14,18-19,24,27-29H,2,6-7,10-11,13,15H2,1H3/t18-,24-/m1/s1. The lowest BCUT2D eigenvalue weighted by Gasteiger charge is -2.19. The molecule has 1 aliphatic rings. The summed E-state index contributed by atoms with van der Waals surface area (Å²) in [7, 11) is 0. The zero-order valence-electron chi connectivity index (χ0n) is 18.3. The number of rotatable bonds is 10. The van der Waals surface area contributed by atoms with Crippen LogP contribution in [0.1, 0.15) is 70.2 Å². The van der Waals surface area contributed by atoms with E-state index in [9.17, 15) is 20.1 Å². The van der Waals surface area contributed by atoms with E-state index in [1.807, 2.05) is 43.3 Å². The van der Waals surface area contributed by atoms with Gasteiger partial charge in [0.05, 0.1) is 12.2 Å². The van der Waals surface area contributed by atoms with Crippen LogP contribution in [0.4, 0.5) is 0 Å². The van der Waals surface area contributed by atoms with Gasteiger partial charge in [-0.3, -0.25) is 0 Å². The molecule has 5 nitrogen and oxygen atoms in total. The van der Waals surface area contributed by atoms with Crippen LogP contribution in [-0.2, 0) is 19.4 Å². The lowest BCUT2D eigenvalue weighted by molar-refractivity contribution is 0.281. The molecule has 2 aromatic heterocycles. The van der Waals surface area contributed by atoms with Gasteiger partial charge in [-0.15, -0.1) is 11.3 Å². The van der Waals surface area contributed by atoms with Crippen LogP contribution in [0.3, 0.4) is 0 Å².